The topological polar surface area (TPSA) is 40.7 Å². The Hall–Kier alpha value is -1.52. The van der Waals surface area contributed by atoms with Crippen LogP contribution in [0.1, 0.15) is 23.6 Å². The van der Waals surface area contributed by atoms with Crippen LogP contribution >= 0.6 is 27.5 Å². The first-order valence-electron chi connectivity index (χ1n) is 6.89. The van der Waals surface area contributed by atoms with Crippen LogP contribution in [0.5, 0.6) is 0 Å². The van der Waals surface area contributed by atoms with E-state index in [1.165, 1.54) is 11.1 Å². The minimum atomic E-state index is 0.300. The van der Waals surface area contributed by atoms with Gasteiger partial charge in [-0.25, -0.2) is 4.98 Å². The van der Waals surface area contributed by atoms with Crippen molar-refractivity contribution >= 4 is 44.5 Å². The molecule has 2 N–H and O–H groups in total. The molecule has 2 aromatic carbocycles. The number of nitrogens with one attached hydrogen (secondary N) is 2. The Balaban J connectivity index is 1.65. The zero-order valence-electron chi connectivity index (χ0n) is 11.2. The van der Waals surface area contributed by atoms with E-state index in [0.717, 1.165) is 34.3 Å². The Labute approximate surface area is 135 Å². The van der Waals surface area contributed by atoms with E-state index in [2.05, 4.69) is 49.4 Å². The molecule has 3 nitrogen and oxygen atoms in total. The third-order valence-electron chi connectivity index (χ3n) is 3.94. The quantitative estimate of drug-likeness (QED) is 0.667. The highest BCUT2D eigenvalue weighted by atomic mass is 79.9. The molecule has 4 rings (SSSR count). The van der Waals surface area contributed by atoms with Gasteiger partial charge in [0.2, 0.25) is 5.95 Å². The van der Waals surface area contributed by atoms with E-state index in [0.29, 0.717) is 11.1 Å². The zero-order valence-corrected chi connectivity index (χ0v) is 13.5. The Kier molecular flexibility index (Phi) is 3.16. The van der Waals surface area contributed by atoms with Crippen molar-refractivity contribution in [2.24, 2.45) is 0 Å². The van der Waals surface area contributed by atoms with E-state index in [4.69, 9.17) is 11.6 Å². The molecule has 5 heteroatoms. The summed E-state index contributed by atoms with van der Waals surface area (Å²) >= 11 is 9.56. The maximum Gasteiger partial charge on any atom is 0.201 e. The van der Waals surface area contributed by atoms with E-state index >= 15 is 0 Å². The third-order valence-corrected chi connectivity index (χ3v) is 4.67. The minimum absolute atomic E-state index is 0.300. The van der Waals surface area contributed by atoms with Gasteiger partial charge in [0.25, 0.3) is 0 Å². The molecule has 1 heterocycles. The summed E-state index contributed by atoms with van der Waals surface area (Å²) < 4.78 is 1.12. The van der Waals surface area contributed by atoms with Crippen LogP contribution in [0.25, 0.3) is 11.0 Å². The first kappa shape index (κ1) is 13.2. The fourth-order valence-corrected chi connectivity index (χ4v) is 3.49. The first-order valence-corrected chi connectivity index (χ1v) is 8.06. The van der Waals surface area contributed by atoms with Gasteiger partial charge in [-0.05, 0) is 54.3 Å². The Bertz CT molecular complexity index is 828. The van der Waals surface area contributed by atoms with Gasteiger partial charge in [-0.2, -0.15) is 0 Å². The normalized spacial score (nSPS) is 17.1. The van der Waals surface area contributed by atoms with Crippen LogP contribution in [-0.4, -0.2) is 9.97 Å². The summed E-state index contributed by atoms with van der Waals surface area (Å²) in [5.74, 6) is 0.796. The number of aromatic nitrogens is 2. The number of imidazole rings is 1. The minimum Gasteiger partial charge on any atom is -0.349 e. The van der Waals surface area contributed by atoms with Crippen LogP contribution in [0, 0.1) is 0 Å². The summed E-state index contributed by atoms with van der Waals surface area (Å²) in [6.07, 6.45) is 2.19. The monoisotopic (exact) mass is 361 g/mol. The van der Waals surface area contributed by atoms with Crippen LogP contribution in [0.4, 0.5) is 5.95 Å². The largest absolute Gasteiger partial charge is 0.349 e. The average Bonchev–Trinajstić information content (AvgIpc) is 3.02. The summed E-state index contributed by atoms with van der Waals surface area (Å²) in [7, 11) is 0. The summed E-state index contributed by atoms with van der Waals surface area (Å²) in [5.41, 5.74) is 4.64. The first-order chi connectivity index (χ1) is 10.2. The van der Waals surface area contributed by atoms with Crippen molar-refractivity contribution < 1.29 is 0 Å². The highest BCUT2D eigenvalue weighted by molar-refractivity contribution is 9.10. The molecule has 3 aromatic rings. The highest BCUT2D eigenvalue weighted by Gasteiger charge is 2.23. The van der Waals surface area contributed by atoms with Crippen molar-refractivity contribution in [3.05, 3.63) is 57.0 Å². The molecule has 0 unspecified atom stereocenters. The molecule has 1 aromatic heterocycles. The fraction of sp³-hybridized carbons (Fsp3) is 0.188. The number of fused-ring (bicyclic) bond motifs is 2. The highest BCUT2D eigenvalue weighted by Crippen LogP contribution is 2.35. The van der Waals surface area contributed by atoms with E-state index < -0.39 is 0 Å². The van der Waals surface area contributed by atoms with Gasteiger partial charge in [-0.15, -0.1) is 0 Å². The number of anilines is 1. The standard InChI is InChI=1S/C16H13BrClN3/c17-10-3-1-9-2-5-13(12(9)7-10)19-16-20-14-6-4-11(18)8-15(14)21-16/h1,3-4,6-8,13H,2,5H2,(H2,19,20,21)/t13-/m0/s1. The number of halogens is 2. The van der Waals surface area contributed by atoms with Crippen LogP contribution < -0.4 is 5.32 Å². The Morgan fingerprint density at radius 1 is 1.24 bits per heavy atom. The van der Waals surface area contributed by atoms with Crippen molar-refractivity contribution in [2.75, 3.05) is 5.32 Å². The lowest BCUT2D eigenvalue weighted by molar-refractivity contribution is 0.754. The molecule has 0 saturated heterocycles. The van der Waals surface area contributed by atoms with Crippen LogP contribution in [-0.2, 0) is 6.42 Å². The second kappa shape index (κ2) is 5.04. The smallest absolute Gasteiger partial charge is 0.201 e. The van der Waals surface area contributed by atoms with Gasteiger partial charge in [0.05, 0.1) is 17.1 Å². The Morgan fingerprint density at radius 3 is 3.05 bits per heavy atom. The molecule has 1 aliphatic rings. The van der Waals surface area contributed by atoms with E-state index in [1.807, 2.05) is 18.2 Å². The van der Waals surface area contributed by atoms with E-state index in [-0.39, 0.29) is 0 Å². The SMILES string of the molecule is Clc1ccc2nc(N[C@H]3CCc4ccc(Br)cc43)[nH]c2c1. The van der Waals surface area contributed by atoms with E-state index in [9.17, 15) is 0 Å². The van der Waals surface area contributed by atoms with Crippen molar-refractivity contribution in [3.63, 3.8) is 0 Å². The molecule has 1 atom stereocenters. The van der Waals surface area contributed by atoms with Gasteiger partial charge in [0.1, 0.15) is 0 Å². The predicted octanol–water partition coefficient (Wildman–Crippen LogP) is 5.08. The molecule has 1 aliphatic carbocycles. The average molecular weight is 363 g/mol. The van der Waals surface area contributed by atoms with Gasteiger partial charge in [-0.1, -0.05) is 33.6 Å². The number of hydrogen-bond acceptors (Lipinski definition) is 2. The molecular weight excluding hydrogens is 350 g/mol. The summed E-state index contributed by atoms with van der Waals surface area (Å²) in [4.78, 5) is 7.87. The van der Waals surface area contributed by atoms with Crippen molar-refractivity contribution in [2.45, 2.75) is 18.9 Å². The van der Waals surface area contributed by atoms with E-state index in [1.54, 1.807) is 0 Å². The lowest BCUT2D eigenvalue weighted by atomic mass is 10.1. The summed E-state index contributed by atoms with van der Waals surface area (Å²) in [6.45, 7) is 0. The van der Waals surface area contributed by atoms with Crippen molar-refractivity contribution in [1.82, 2.24) is 9.97 Å². The van der Waals surface area contributed by atoms with Gasteiger partial charge < -0.3 is 10.3 Å². The van der Waals surface area contributed by atoms with Gasteiger partial charge in [0.15, 0.2) is 0 Å². The predicted molar refractivity (Wildman–Crippen MR) is 89.9 cm³/mol. The van der Waals surface area contributed by atoms with Crippen molar-refractivity contribution in [1.29, 1.82) is 0 Å². The van der Waals surface area contributed by atoms with Crippen LogP contribution in [0.2, 0.25) is 5.02 Å². The number of nitrogens with zero attached hydrogens (tertiary/aromatic N) is 1. The van der Waals surface area contributed by atoms with Crippen LogP contribution in [0.15, 0.2) is 40.9 Å². The van der Waals surface area contributed by atoms with Gasteiger partial charge in [0, 0.05) is 9.50 Å². The molecule has 0 saturated carbocycles. The maximum atomic E-state index is 6.01. The molecule has 21 heavy (non-hydrogen) atoms. The second-order valence-electron chi connectivity index (χ2n) is 5.33. The Morgan fingerprint density at radius 2 is 2.14 bits per heavy atom. The molecular formula is C16H13BrClN3. The lowest BCUT2D eigenvalue weighted by Crippen LogP contribution is -2.08. The molecule has 0 amide bonds. The zero-order chi connectivity index (χ0) is 14.4. The number of benzene rings is 2. The molecule has 0 aliphatic heterocycles. The lowest BCUT2D eigenvalue weighted by Gasteiger charge is -2.13. The van der Waals surface area contributed by atoms with Gasteiger partial charge >= 0.3 is 0 Å². The number of H-pyrrole nitrogens is 1. The van der Waals surface area contributed by atoms with Crippen molar-refractivity contribution in [3.8, 4) is 0 Å². The van der Waals surface area contributed by atoms with Crippen LogP contribution in [0.3, 0.4) is 0 Å². The third kappa shape index (κ3) is 2.43. The molecule has 0 radical (unpaired) electrons. The summed E-state index contributed by atoms with van der Waals surface area (Å²) in [5, 5.41) is 4.22. The van der Waals surface area contributed by atoms with Gasteiger partial charge in [-0.3, -0.25) is 0 Å². The molecule has 0 bridgehead atoms. The molecule has 0 fully saturated rings. The maximum absolute atomic E-state index is 6.01. The second-order valence-corrected chi connectivity index (χ2v) is 6.68. The number of aryl methyl sites for hydroxylation is 1. The number of hydrogen-bond donors (Lipinski definition) is 2. The number of aromatic amines is 1. The fourth-order valence-electron chi connectivity index (χ4n) is 2.94. The molecule has 0 spiro atoms. The summed E-state index contributed by atoms with van der Waals surface area (Å²) in [6, 6.07) is 12.5. The number of rotatable bonds is 2. The molecule has 106 valence electrons.